The van der Waals surface area contributed by atoms with Gasteiger partial charge in [0, 0.05) is 17.4 Å². The molecule has 1 spiro atoms. The maximum Gasteiger partial charge on any atom is 0.333 e. The predicted octanol–water partition coefficient (Wildman–Crippen LogP) is 4.23. The first-order valence-corrected chi connectivity index (χ1v) is 11.4. The Bertz CT molecular complexity index is 934. The lowest BCUT2D eigenvalue weighted by Gasteiger charge is -2.65. The molecule has 0 radical (unpaired) electrons. The lowest BCUT2D eigenvalue weighted by Crippen LogP contribution is -2.74. The summed E-state index contributed by atoms with van der Waals surface area (Å²) < 4.78 is 23.4. The van der Waals surface area contributed by atoms with Gasteiger partial charge in [0.05, 0.1) is 18.6 Å². The van der Waals surface area contributed by atoms with Crippen LogP contribution in [0, 0.1) is 22.7 Å². The first kappa shape index (κ1) is 20.8. The van der Waals surface area contributed by atoms with Gasteiger partial charge in [-0.2, -0.15) is 0 Å². The summed E-state index contributed by atoms with van der Waals surface area (Å²) >= 11 is 0. The summed E-state index contributed by atoms with van der Waals surface area (Å²) in [5.74, 6) is -0.337. The van der Waals surface area contributed by atoms with Gasteiger partial charge in [0.25, 0.3) is 0 Å². The molecular weight excluding hydrogens is 396 g/mol. The Morgan fingerprint density at radius 3 is 2.74 bits per heavy atom. The summed E-state index contributed by atoms with van der Waals surface area (Å²) in [6.07, 6.45) is 7.86. The normalized spacial score (nSPS) is 45.9. The van der Waals surface area contributed by atoms with E-state index in [1.165, 1.54) is 0 Å². The number of rotatable bonds is 4. The summed E-state index contributed by atoms with van der Waals surface area (Å²) in [4.78, 5) is 26.0. The van der Waals surface area contributed by atoms with Gasteiger partial charge in [0.15, 0.2) is 0 Å². The molecule has 0 unspecified atom stereocenters. The Morgan fingerprint density at radius 2 is 2.10 bits per heavy atom. The number of allylic oxidation sites excluding steroid dienone is 1. The lowest BCUT2D eigenvalue weighted by molar-refractivity contribution is -0.273. The lowest BCUT2D eigenvalue weighted by atomic mass is 9.41. The van der Waals surface area contributed by atoms with Gasteiger partial charge in [-0.05, 0) is 63.5 Å². The monoisotopic (exact) mass is 428 g/mol. The van der Waals surface area contributed by atoms with Crippen LogP contribution in [0.4, 0.5) is 0 Å². The number of carbonyl (C=O) groups excluding carboxylic acids is 2. The third-order valence-electron chi connectivity index (χ3n) is 9.22. The number of ether oxygens (including phenoxy) is 3. The van der Waals surface area contributed by atoms with E-state index in [1.54, 1.807) is 25.5 Å². The Morgan fingerprint density at radius 1 is 1.32 bits per heavy atom. The van der Waals surface area contributed by atoms with Crippen molar-refractivity contribution in [1.82, 2.24) is 0 Å². The zero-order chi connectivity index (χ0) is 22.2. The highest BCUT2D eigenvalue weighted by atomic mass is 16.6. The third-order valence-corrected chi connectivity index (χ3v) is 9.22. The second-order valence-electron chi connectivity index (χ2n) is 10.3. The molecule has 0 N–H and O–H groups in total. The van der Waals surface area contributed by atoms with Crippen molar-refractivity contribution in [2.45, 2.75) is 84.2 Å². The van der Waals surface area contributed by atoms with E-state index in [2.05, 4.69) is 20.8 Å². The zero-order valence-electron chi connectivity index (χ0n) is 19.0. The zero-order valence-corrected chi connectivity index (χ0v) is 19.0. The Kier molecular flexibility index (Phi) is 4.50. The Balaban J connectivity index is 1.54. The Hall–Kier alpha value is -2.08. The van der Waals surface area contributed by atoms with Crippen molar-refractivity contribution in [3.8, 4) is 0 Å². The molecule has 5 rings (SSSR count). The van der Waals surface area contributed by atoms with E-state index in [0.29, 0.717) is 18.4 Å². The fourth-order valence-electron chi connectivity index (χ4n) is 7.05. The average molecular weight is 429 g/mol. The first-order chi connectivity index (χ1) is 14.7. The van der Waals surface area contributed by atoms with Crippen molar-refractivity contribution in [1.29, 1.82) is 0 Å². The number of hydrogen-bond acceptors (Lipinski definition) is 6. The molecule has 2 saturated heterocycles. The van der Waals surface area contributed by atoms with Crippen LogP contribution in [0.3, 0.4) is 0 Å². The highest BCUT2D eigenvalue weighted by Gasteiger charge is 2.81. The van der Waals surface area contributed by atoms with Crippen LogP contribution in [-0.4, -0.2) is 35.9 Å². The molecule has 1 aromatic heterocycles. The van der Waals surface area contributed by atoms with Gasteiger partial charge >= 0.3 is 11.9 Å². The summed E-state index contributed by atoms with van der Waals surface area (Å²) in [6.45, 7) is 10.0. The van der Waals surface area contributed by atoms with Crippen molar-refractivity contribution >= 4 is 11.9 Å². The van der Waals surface area contributed by atoms with Crippen LogP contribution in [0.2, 0.25) is 0 Å². The van der Waals surface area contributed by atoms with Crippen LogP contribution >= 0.6 is 0 Å². The summed E-state index contributed by atoms with van der Waals surface area (Å²) in [7, 11) is 0. The van der Waals surface area contributed by atoms with Crippen molar-refractivity contribution in [2.75, 3.05) is 0 Å². The van der Waals surface area contributed by atoms with Crippen LogP contribution in [0.5, 0.6) is 0 Å². The molecule has 0 bridgehead atoms. The van der Waals surface area contributed by atoms with Crippen LogP contribution in [0.25, 0.3) is 0 Å². The topological polar surface area (TPSA) is 78.3 Å². The minimum absolute atomic E-state index is 0.0226. The van der Waals surface area contributed by atoms with Gasteiger partial charge in [-0.15, -0.1) is 0 Å². The van der Waals surface area contributed by atoms with Gasteiger partial charge in [0.2, 0.25) is 0 Å². The van der Waals surface area contributed by atoms with Crippen LogP contribution in [0.15, 0.2) is 34.7 Å². The van der Waals surface area contributed by atoms with E-state index in [9.17, 15) is 9.59 Å². The smallest absolute Gasteiger partial charge is 0.333 e. The summed E-state index contributed by atoms with van der Waals surface area (Å²) in [5, 5.41) is 0. The number of fused-ring (bicyclic) bond motifs is 4. The minimum Gasteiger partial charge on any atom is -0.472 e. The molecule has 8 atom stereocenters. The largest absolute Gasteiger partial charge is 0.472 e. The molecule has 0 aromatic carbocycles. The van der Waals surface area contributed by atoms with Crippen LogP contribution in [0.1, 0.15) is 59.4 Å². The van der Waals surface area contributed by atoms with Crippen LogP contribution in [-0.2, 0) is 30.2 Å². The van der Waals surface area contributed by atoms with Crippen molar-refractivity contribution in [2.24, 2.45) is 22.7 Å². The maximum atomic E-state index is 13.3. The molecule has 3 heterocycles. The molecule has 4 aliphatic rings. The van der Waals surface area contributed by atoms with Crippen molar-refractivity contribution in [3.63, 3.8) is 0 Å². The molecule has 2 aliphatic carbocycles. The van der Waals surface area contributed by atoms with E-state index in [0.717, 1.165) is 18.4 Å². The Labute approximate surface area is 183 Å². The molecule has 2 saturated carbocycles. The molecule has 168 valence electrons. The molecule has 6 heteroatoms. The van der Waals surface area contributed by atoms with Crippen molar-refractivity contribution < 1.29 is 28.2 Å². The molecule has 1 aromatic rings. The number of esters is 2. The number of epoxide rings is 1. The van der Waals surface area contributed by atoms with Gasteiger partial charge in [-0.25, -0.2) is 4.79 Å². The molecule has 0 amide bonds. The van der Waals surface area contributed by atoms with E-state index in [4.69, 9.17) is 18.6 Å². The van der Waals surface area contributed by atoms with E-state index in [1.807, 2.05) is 13.0 Å². The van der Waals surface area contributed by atoms with E-state index >= 15 is 0 Å². The van der Waals surface area contributed by atoms with Crippen LogP contribution < -0.4 is 0 Å². The molecule has 31 heavy (non-hydrogen) atoms. The fraction of sp³-hybridized carbons (Fsp3) is 0.680. The minimum atomic E-state index is -0.593. The predicted molar refractivity (Wildman–Crippen MR) is 112 cm³/mol. The average Bonchev–Trinajstić information content (AvgIpc) is 3.17. The number of furan rings is 1. The first-order valence-electron chi connectivity index (χ1n) is 11.4. The molecular formula is C25H32O6. The summed E-state index contributed by atoms with van der Waals surface area (Å²) in [6, 6.07) is 1.93. The van der Waals surface area contributed by atoms with E-state index < -0.39 is 16.4 Å². The summed E-state index contributed by atoms with van der Waals surface area (Å²) in [5.41, 5.74) is 0.187. The molecule has 2 aliphatic heterocycles. The van der Waals surface area contributed by atoms with Gasteiger partial charge in [-0.1, -0.05) is 19.9 Å². The second-order valence-corrected chi connectivity index (χ2v) is 10.3. The van der Waals surface area contributed by atoms with Gasteiger partial charge < -0.3 is 18.6 Å². The number of carbonyl (C=O) groups is 2. The highest BCUT2D eigenvalue weighted by molar-refractivity contribution is 5.88. The standard InChI is InChI=1S/C25H32O6/c1-6-14(2)21(26)29-19-11-15(3)25(17-7-8-18-24(5,31-18)23(17,19)4)20(30-22(25)27)12-16-9-10-28-13-16/h6,9-10,13,15,17-20H,7-8,11-12H2,1-5H3/b14-6-/t15-,17+,18-,19-,20+,23-,24-,25-/m1/s1. The van der Waals surface area contributed by atoms with E-state index in [-0.39, 0.29) is 42.1 Å². The SMILES string of the molecule is C/C=C(/C)C(=O)O[C@@H]1C[C@@H](C)[C@@]2(C(=O)O[C@H]2Cc2ccoc2)[C@H]2CC[C@H]3O[C@@]3(C)[C@]21C. The van der Waals surface area contributed by atoms with Gasteiger partial charge in [0.1, 0.15) is 23.2 Å². The third kappa shape index (κ3) is 2.54. The number of cyclic esters (lactones) is 1. The van der Waals surface area contributed by atoms with Crippen molar-refractivity contribution in [3.05, 3.63) is 35.8 Å². The molecule has 4 fully saturated rings. The second kappa shape index (κ2) is 6.71. The quantitative estimate of drug-likeness (QED) is 0.406. The maximum absolute atomic E-state index is 13.3. The van der Waals surface area contributed by atoms with Gasteiger partial charge in [-0.3, -0.25) is 4.79 Å². The highest BCUT2D eigenvalue weighted by Crippen LogP contribution is 2.72. The fourth-order valence-corrected chi connectivity index (χ4v) is 7.05. The number of hydrogen-bond donors (Lipinski definition) is 0. The molecule has 6 nitrogen and oxygen atoms in total.